The minimum atomic E-state index is -4.69. The maximum absolute atomic E-state index is 13.0. The van der Waals surface area contributed by atoms with Crippen molar-refractivity contribution in [1.29, 1.82) is 0 Å². The lowest BCUT2D eigenvalue weighted by atomic mass is 10.4. The molecule has 0 N–H and O–H groups in total. The molecule has 0 aromatic carbocycles. The van der Waals surface area contributed by atoms with Gasteiger partial charge in [0, 0.05) is 19.6 Å². The van der Waals surface area contributed by atoms with Crippen molar-refractivity contribution in [3.63, 3.8) is 0 Å². The molecule has 2 rings (SSSR count). The maximum atomic E-state index is 13.0. The van der Waals surface area contributed by atoms with Gasteiger partial charge in [0.25, 0.3) is 5.56 Å². The number of alkyl halides is 3. The van der Waals surface area contributed by atoms with Crippen LogP contribution >= 0.6 is 0 Å². The third kappa shape index (κ3) is 2.16. The lowest BCUT2D eigenvalue weighted by molar-refractivity contribution is -0.146. The van der Waals surface area contributed by atoms with E-state index in [2.05, 4.69) is 4.98 Å². The van der Waals surface area contributed by atoms with Gasteiger partial charge in [-0.05, 0) is 20.8 Å². The summed E-state index contributed by atoms with van der Waals surface area (Å²) in [5, 5.41) is 0. The van der Waals surface area contributed by atoms with Crippen molar-refractivity contribution in [3.05, 3.63) is 26.7 Å². The third-order valence-electron chi connectivity index (χ3n) is 3.32. The highest BCUT2D eigenvalue weighted by atomic mass is 19.4. The molecule has 0 aliphatic heterocycles. The summed E-state index contributed by atoms with van der Waals surface area (Å²) in [5.41, 5.74) is -1.79. The van der Waals surface area contributed by atoms with E-state index in [0.717, 1.165) is 13.7 Å². The average Bonchev–Trinajstić information content (AvgIpc) is 2.79. The van der Waals surface area contributed by atoms with Gasteiger partial charge in [-0.1, -0.05) is 0 Å². The molecule has 9 heteroatoms. The van der Waals surface area contributed by atoms with Crippen LogP contribution in [-0.2, 0) is 25.8 Å². The van der Waals surface area contributed by atoms with Crippen molar-refractivity contribution in [3.8, 4) is 0 Å². The summed E-state index contributed by atoms with van der Waals surface area (Å²) in [7, 11) is 0. The summed E-state index contributed by atoms with van der Waals surface area (Å²) in [4.78, 5) is 27.9. The van der Waals surface area contributed by atoms with E-state index >= 15 is 0 Å². The van der Waals surface area contributed by atoms with E-state index in [1.807, 2.05) is 0 Å². The van der Waals surface area contributed by atoms with Crippen LogP contribution in [0, 0.1) is 0 Å². The van der Waals surface area contributed by atoms with Crippen molar-refractivity contribution in [2.75, 3.05) is 0 Å². The summed E-state index contributed by atoms with van der Waals surface area (Å²) in [6, 6.07) is 0. The molecule has 0 radical (unpaired) electrons. The van der Waals surface area contributed by atoms with Gasteiger partial charge in [0.2, 0.25) is 5.82 Å². The summed E-state index contributed by atoms with van der Waals surface area (Å²) in [5.74, 6) is -1.16. The molecule has 0 unspecified atom stereocenters. The Bertz CT molecular complexity index is 798. The molecule has 0 saturated carbocycles. The molecule has 0 fully saturated rings. The molecule has 116 valence electrons. The zero-order valence-corrected chi connectivity index (χ0v) is 11.9. The van der Waals surface area contributed by atoms with Gasteiger partial charge >= 0.3 is 11.9 Å². The highest BCUT2D eigenvalue weighted by molar-refractivity contribution is 5.71. The number of rotatable bonds is 3. The van der Waals surface area contributed by atoms with Crippen LogP contribution in [0.4, 0.5) is 13.2 Å². The standard InChI is InChI=1S/C12H15F3N4O2/c1-4-17-7-8(16-10(17)12(13,14)15)18(5-2)11(21)19(6-3)9(7)20/h4-6H2,1-3H3. The second kappa shape index (κ2) is 5.05. The quantitative estimate of drug-likeness (QED) is 0.862. The SMILES string of the molecule is CCn1c(=O)c2c(nc(C(F)(F)F)n2CC)n(CC)c1=O. The first kappa shape index (κ1) is 15.3. The van der Waals surface area contributed by atoms with Crippen molar-refractivity contribution < 1.29 is 13.2 Å². The molecule has 0 atom stereocenters. The smallest absolute Gasteiger partial charge is 0.315 e. The molecule has 0 aliphatic rings. The average molecular weight is 304 g/mol. The highest BCUT2D eigenvalue weighted by Gasteiger charge is 2.38. The Morgan fingerprint density at radius 3 is 1.90 bits per heavy atom. The Balaban J connectivity index is 3.09. The number of halogens is 3. The summed E-state index contributed by atoms with van der Waals surface area (Å²) in [6.45, 7) is 4.85. The predicted molar refractivity (Wildman–Crippen MR) is 70.3 cm³/mol. The fraction of sp³-hybridized carbons (Fsp3) is 0.583. The topological polar surface area (TPSA) is 61.8 Å². The molecule has 2 heterocycles. The van der Waals surface area contributed by atoms with Gasteiger partial charge in [0.1, 0.15) is 0 Å². The largest absolute Gasteiger partial charge is 0.449 e. The number of hydrogen-bond donors (Lipinski definition) is 0. The van der Waals surface area contributed by atoms with Crippen LogP contribution < -0.4 is 11.2 Å². The number of aromatic nitrogens is 4. The predicted octanol–water partition coefficient (Wildman–Crippen LogP) is 1.44. The van der Waals surface area contributed by atoms with E-state index in [4.69, 9.17) is 0 Å². The Morgan fingerprint density at radius 2 is 1.48 bits per heavy atom. The molecule has 0 saturated heterocycles. The van der Waals surface area contributed by atoms with Crippen LogP contribution in [0.25, 0.3) is 11.2 Å². The van der Waals surface area contributed by atoms with Crippen molar-refractivity contribution in [2.45, 2.75) is 46.6 Å². The van der Waals surface area contributed by atoms with E-state index in [-0.39, 0.29) is 30.8 Å². The molecule has 2 aromatic rings. The molecular formula is C12H15F3N4O2. The Morgan fingerprint density at radius 1 is 0.952 bits per heavy atom. The molecule has 0 aliphatic carbocycles. The van der Waals surface area contributed by atoms with Gasteiger partial charge in [-0.3, -0.25) is 13.9 Å². The number of aryl methyl sites for hydroxylation is 2. The minimum absolute atomic E-state index is 0.0633. The number of imidazole rings is 1. The van der Waals surface area contributed by atoms with Crippen molar-refractivity contribution >= 4 is 11.2 Å². The van der Waals surface area contributed by atoms with Gasteiger partial charge in [0.15, 0.2) is 11.2 Å². The van der Waals surface area contributed by atoms with Crippen LogP contribution in [-0.4, -0.2) is 18.7 Å². The van der Waals surface area contributed by atoms with Gasteiger partial charge in [-0.2, -0.15) is 13.2 Å². The van der Waals surface area contributed by atoms with E-state index in [1.165, 1.54) is 6.92 Å². The first-order valence-electron chi connectivity index (χ1n) is 6.58. The Labute approximate surface area is 117 Å². The van der Waals surface area contributed by atoms with Crippen molar-refractivity contribution in [2.24, 2.45) is 0 Å². The number of nitrogens with zero attached hydrogens (tertiary/aromatic N) is 4. The second-order valence-electron chi connectivity index (χ2n) is 4.43. The molecule has 0 spiro atoms. The summed E-state index contributed by atoms with van der Waals surface area (Å²) >= 11 is 0. The van der Waals surface area contributed by atoms with Crippen LogP contribution in [0.3, 0.4) is 0 Å². The summed E-state index contributed by atoms with van der Waals surface area (Å²) < 4.78 is 41.9. The maximum Gasteiger partial charge on any atom is 0.449 e. The van der Waals surface area contributed by atoms with Gasteiger partial charge in [-0.25, -0.2) is 9.78 Å². The minimum Gasteiger partial charge on any atom is -0.315 e. The van der Waals surface area contributed by atoms with E-state index in [1.54, 1.807) is 13.8 Å². The molecule has 6 nitrogen and oxygen atoms in total. The zero-order chi connectivity index (χ0) is 15.9. The number of fused-ring (bicyclic) bond motifs is 1. The first-order valence-corrected chi connectivity index (χ1v) is 6.58. The molecule has 0 bridgehead atoms. The van der Waals surface area contributed by atoms with E-state index in [9.17, 15) is 22.8 Å². The zero-order valence-electron chi connectivity index (χ0n) is 11.9. The second-order valence-corrected chi connectivity index (χ2v) is 4.43. The van der Waals surface area contributed by atoms with Crippen molar-refractivity contribution in [1.82, 2.24) is 18.7 Å². The molecular weight excluding hydrogens is 289 g/mol. The van der Waals surface area contributed by atoms with Crippen LogP contribution in [0.15, 0.2) is 9.59 Å². The Kier molecular flexibility index (Phi) is 3.68. The third-order valence-corrected chi connectivity index (χ3v) is 3.32. The summed E-state index contributed by atoms with van der Waals surface area (Å²) in [6.07, 6.45) is -4.69. The fourth-order valence-corrected chi connectivity index (χ4v) is 2.38. The van der Waals surface area contributed by atoms with Crippen LogP contribution in [0.5, 0.6) is 0 Å². The molecule has 21 heavy (non-hydrogen) atoms. The lowest BCUT2D eigenvalue weighted by Gasteiger charge is -2.10. The van der Waals surface area contributed by atoms with Gasteiger partial charge in [0.05, 0.1) is 0 Å². The van der Waals surface area contributed by atoms with E-state index in [0.29, 0.717) is 0 Å². The van der Waals surface area contributed by atoms with E-state index < -0.39 is 23.2 Å². The normalized spacial score (nSPS) is 12.3. The lowest BCUT2D eigenvalue weighted by Crippen LogP contribution is -2.40. The highest BCUT2D eigenvalue weighted by Crippen LogP contribution is 2.30. The monoisotopic (exact) mass is 304 g/mol. The van der Waals surface area contributed by atoms with Crippen LogP contribution in [0.1, 0.15) is 26.6 Å². The Hall–Kier alpha value is -2.06. The number of hydrogen-bond acceptors (Lipinski definition) is 3. The molecule has 0 amide bonds. The van der Waals surface area contributed by atoms with Gasteiger partial charge in [-0.15, -0.1) is 0 Å². The van der Waals surface area contributed by atoms with Crippen LogP contribution in [0.2, 0.25) is 0 Å². The first-order chi connectivity index (χ1) is 9.77. The molecule has 2 aromatic heterocycles. The fourth-order valence-electron chi connectivity index (χ4n) is 2.38. The van der Waals surface area contributed by atoms with Gasteiger partial charge < -0.3 is 4.57 Å².